The van der Waals surface area contributed by atoms with Crippen molar-refractivity contribution in [2.75, 3.05) is 0 Å². The van der Waals surface area contributed by atoms with E-state index in [0.717, 1.165) is 22.3 Å². The van der Waals surface area contributed by atoms with Gasteiger partial charge in [-0.1, -0.05) is 54.6 Å². The number of phenolic OH excluding ortho intramolecular Hbond substituents is 2. The van der Waals surface area contributed by atoms with Gasteiger partial charge in [-0.3, -0.25) is 0 Å². The summed E-state index contributed by atoms with van der Waals surface area (Å²) in [6.07, 6.45) is 0. The molecule has 0 aromatic heterocycles. The summed E-state index contributed by atoms with van der Waals surface area (Å²) in [6, 6.07) is 21.5. The number of hydrogen-bond donors (Lipinski definition) is 2. The summed E-state index contributed by atoms with van der Waals surface area (Å²) in [4.78, 5) is 0. The zero-order chi connectivity index (χ0) is 14.8. The van der Waals surface area contributed by atoms with Crippen molar-refractivity contribution in [3.05, 3.63) is 72.3 Å². The van der Waals surface area contributed by atoms with Crippen molar-refractivity contribution in [1.82, 2.24) is 0 Å². The van der Waals surface area contributed by atoms with E-state index in [1.807, 2.05) is 42.5 Å². The molecule has 0 heterocycles. The summed E-state index contributed by atoms with van der Waals surface area (Å²) in [5, 5.41) is 19.8. The lowest BCUT2D eigenvalue weighted by Gasteiger charge is -2.10. The quantitative estimate of drug-likeness (QED) is 0.709. The zero-order valence-electron chi connectivity index (χ0n) is 11.7. The van der Waals surface area contributed by atoms with E-state index in [2.05, 4.69) is 12.1 Å². The number of hydrogen-bond acceptors (Lipinski definition) is 2. The van der Waals surface area contributed by atoms with Gasteiger partial charge in [0.05, 0.1) is 0 Å². The van der Waals surface area contributed by atoms with Gasteiger partial charge in [0.15, 0.2) is 0 Å². The molecule has 0 aliphatic rings. The standard InChI is InChI=1S/C19H16O2/c1-13-18(20)12-11-17(19(13)21)16-9-7-15(8-10-16)14-5-3-2-4-6-14/h2-12,20-21H,1H3. The molecule has 2 heteroatoms. The molecule has 0 saturated heterocycles. The van der Waals surface area contributed by atoms with Crippen LogP contribution in [0.25, 0.3) is 22.3 Å². The van der Waals surface area contributed by atoms with Crippen molar-refractivity contribution in [2.45, 2.75) is 6.92 Å². The molecule has 0 aliphatic heterocycles. The summed E-state index contributed by atoms with van der Waals surface area (Å²) in [5.74, 6) is 0.236. The van der Waals surface area contributed by atoms with Crippen LogP contribution in [0, 0.1) is 6.92 Å². The van der Waals surface area contributed by atoms with Gasteiger partial charge in [-0.15, -0.1) is 0 Å². The fourth-order valence-electron chi connectivity index (χ4n) is 2.40. The zero-order valence-corrected chi connectivity index (χ0v) is 11.7. The predicted molar refractivity (Wildman–Crippen MR) is 85.4 cm³/mol. The number of rotatable bonds is 2. The van der Waals surface area contributed by atoms with Gasteiger partial charge in [-0.05, 0) is 35.7 Å². The van der Waals surface area contributed by atoms with Crippen molar-refractivity contribution in [1.29, 1.82) is 0 Å². The highest BCUT2D eigenvalue weighted by atomic mass is 16.3. The summed E-state index contributed by atoms with van der Waals surface area (Å²) >= 11 is 0. The van der Waals surface area contributed by atoms with Gasteiger partial charge in [0.2, 0.25) is 0 Å². The maximum Gasteiger partial charge on any atom is 0.129 e. The maximum absolute atomic E-state index is 10.2. The Balaban J connectivity index is 2.01. The van der Waals surface area contributed by atoms with Crippen molar-refractivity contribution >= 4 is 0 Å². The lowest BCUT2D eigenvalue weighted by molar-refractivity contribution is 0.444. The first kappa shape index (κ1) is 13.3. The van der Waals surface area contributed by atoms with E-state index in [4.69, 9.17) is 0 Å². The fourth-order valence-corrected chi connectivity index (χ4v) is 2.40. The third-order valence-electron chi connectivity index (χ3n) is 3.71. The third kappa shape index (κ3) is 2.48. The van der Waals surface area contributed by atoms with E-state index in [0.29, 0.717) is 5.56 Å². The maximum atomic E-state index is 10.2. The Bertz CT molecular complexity index is 760. The summed E-state index contributed by atoms with van der Waals surface area (Å²) in [7, 11) is 0. The van der Waals surface area contributed by atoms with E-state index >= 15 is 0 Å². The SMILES string of the molecule is Cc1c(O)ccc(-c2ccc(-c3ccccc3)cc2)c1O. The van der Waals surface area contributed by atoms with Crippen molar-refractivity contribution in [3.63, 3.8) is 0 Å². The topological polar surface area (TPSA) is 40.5 Å². The van der Waals surface area contributed by atoms with Crippen LogP contribution < -0.4 is 0 Å². The first-order valence-corrected chi connectivity index (χ1v) is 6.84. The summed E-state index contributed by atoms with van der Waals surface area (Å²) < 4.78 is 0. The highest BCUT2D eigenvalue weighted by Gasteiger charge is 2.10. The fraction of sp³-hybridized carbons (Fsp3) is 0.0526. The van der Waals surface area contributed by atoms with Gasteiger partial charge in [-0.2, -0.15) is 0 Å². The second kappa shape index (κ2) is 5.33. The van der Waals surface area contributed by atoms with Crippen LogP contribution in [0.3, 0.4) is 0 Å². The minimum absolute atomic E-state index is 0.108. The van der Waals surface area contributed by atoms with Crippen molar-refractivity contribution in [2.24, 2.45) is 0 Å². The van der Waals surface area contributed by atoms with E-state index < -0.39 is 0 Å². The average molecular weight is 276 g/mol. The molecule has 0 radical (unpaired) electrons. The highest BCUT2D eigenvalue weighted by molar-refractivity contribution is 5.76. The van der Waals surface area contributed by atoms with Gasteiger partial charge in [0.1, 0.15) is 11.5 Å². The van der Waals surface area contributed by atoms with Gasteiger partial charge >= 0.3 is 0 Å². The van der Waals surface area contributed by atoms with Gasteiger partial charge in [0, 0.05) is 11.1 Å². The molecule has 2 N–H and O–H groups in total. The Morgan fingerprint density at radius 3 is 1.86 bits per heavy atom. The van der Waals surface area contributed by atoms with Crippen LogP contribution in [0.5, 0.6) is 11.5 Å². The first-order chi connectivity index (χ1) is 10.2. The van der Waals surface area contributed by atoms with Gasteiger partial charge < -0.3 is 10.2 Å². The predicted octanol–water partition coefficient (Wildman–Crippen LogP) is 4.74. The normalized spacial score (nSPS) is 10.5. The molecule has 0 saturated carbocycles. The molecule has 104 valence electrons. The van der Waals surface area contributed by atoms with Crippen LogP contribution in [-0.2, 0) is 0 Å². The molecule has 0 atom stereocenters. The van der Waals surface area contributed by atoms with Crippen LogP contribution in [-0.4, -0.2) is 10.2 Å². The molecule has 21 heavy (non-hydrogen) atoms. The van der Waals surface area contributed by atoms with Crippen molar-refractivity contribution < 1.29 is 10.2 Å². The first-order valence-electron chi connectivity index (χ1n) is 6.84. The average Bonchev–Trinajstić information content (AvgIpc) is 2.54. The molecule has 0 bridgehead atoms. The molecule has 0 fully saturated rings. The van der Waals surface area contributed by atoms with Crippen LogP contribution in [0.1, 0.15) is 5.56 Å². The molecule has 3 aromatic carbocycles. The van der Waals surface area contributed by atoms with E-state index in [-0.39, 0.29) is 11.5 Å². The third-order valence-corrected chi connectivity index (χ3v) is 3.71. The Morgan fingerprint density at radius 2 is 1.19 bits per heavy atom. The second-order valence-electron chi connectivity index (χ2n) is 5.05. The summed E-state index contributed by atoms with van der Waals surface area (Å²) in [6.45, 7) is 1.70. The minimum Gasteiger partial charge on any atom is -0.508 e. The van der Waals surface area contributed by atoms with Crippen molar-refractivity contribution in [3.8, 4) is 33.8 Å². The monoisotopic (exact) mass is 276 g/mol. The number of benzene rings is 3. The molecule has 3 rings (SSSR count). The molecule has 0 spiro atoms. The van der Waals surface area contributed by atoms with Crippen LogP contribution in [0.4, 0.5) is 0 Å². The van der Waals surface area contributed by atoms with Crippen LogP contribution in [0.2, 0.25) is 0 Å². The van der Waals surface area contributed by atoms with E-state index in [1.165, 1.54) is 0 Å². The lowest BCUT2D eigenvalue weighted by Crippen LogP contribution is -1.84. The smallest absolute Gasteiger partial charge is 0.129 e. The van der Waals surface area contributed by atoms with Gasteiger partial charge in [-0.25, -0.2) is 0 Å². The second-order valence-corrected chi connectivity index (χ2v) is 5.05. The molecule has 0 aliphatic carbocycles. The highest BCUT2D eigenvalue weighted by Crippen LogP contribution is 2.36. The molecule has 0 unspecified atom stereocenters. The summed E-state index contributed by atoms with van der Waals surface area (Å²) in [5.41, 5.74) is 4.45. The Morgan fingerprint density at radius 1 is 0.619 bits per heavy atom. The minimum atomic E-state index is 0.108. The Hall–Kier alpha value is -2.74. The van der Waals surface area contributed by atoms with E-state index in [9.17, 15) is 10.2 Å². The van der Waals surface area contributed by atoms with Crippen LogP contribution >= 0.6 is 0 Å². The molecule has 2 nitrogen and oxygen atoms in total. The van der Waals surface area contributed by atoms with Crippen LogP contribution in [0.15, 0.2) is 66.7 Å². The Labute approximate surface area is 123 Å². The number of aromatic hydroxyl groups is 2. The largest absolute Gasteiger partial charge is 0.508 e. The van der Waals surface area contributed by atoms with Gasteiger partial charge in [0.25, 0.3) is 0 Å². The molecular formula is C19H16O2. The molecular weight excluding hydrogens is 260 g/mol. The molecule has 0 amide bonds. The number of phenols is 2. The van der Waals surface area contributed by atoms with E-state index in [1.54, 1.807) is 19.1 Å². The lowest BCUT2D eigenvalue weighted by atomic mass is 9.98. The molecule has 3 aromatic rings. The Kier molecular flexibility index (Phi) is 3.36.